The maximum Gasteiger partial charge on any atom is 0.269 e. The van der Waals surface area contributed by atoms with Crippen LogP contribution in [0.25, 0.3) is 83.4 Å². The predicted molar refractivity (Wildman–Crippen MR) is 295 cm³/mol. The number of rotatable bonds is 10. The zero-order valence-electron chi connectivity index (χ0n) is 46.6. The smallest absolute Gasteiger partial charge is 0.269 e. The lowest BCUT2D eigenvalue weighted by Gasteiger charge is -2.27. The van der Waals surface area contributed by atoms with E-state index in [1.807, 2.05) is 76.0 Å². The van der Waals surface area contributed by atoms with Crippen LogP contribution in [0.4, 0.5) is 0 Å². The Bertz CT molecular complexity index is 4000. The number of nitrogens with zero attached hydrogens (tertiary/aromatic N) is 4. The van der Waals surface area contributed by atoms with Gasteiger partial charge in [0.15, 0.2) is 0 Å². The van der Waals surface area contributed by atoms with Crippen LogP contribution in [0.1, 0.15) is 78.9 Å². The summed E-state index contributed by atoms with van der Waals surface area (Å²) in [7, 11) is 0. The van der Waals surface area contributed by atoms with Crippen LogP contribution in [0.5, 0.6) is 11.5 Å². The monoisotopic (exact) mass is 930 g/mol. The van der Waals surface area contributed by atoms with Gasteiger partial charge in [0.05, 0.1) is 40.3 Å². The van der Waals surface area contributed by atoms with Crippen LogP contribution in [0.15, 0.2) is 200 Å². The molecule has 0 radical (unpaired) electrons. The largest absolute Gasteiger partial charge is 0.458 e. The fourth-order valence-electron chi connectivity index (χ4n) is 9.79. The predicted octanol–water partition coefficient (Wildman–Crippen LogP) is 16.8. The molecule has 0 aliphatic carbocycles. The molecule has 0 aliphatic heterocycles. The summed E-state index contributed by atoms with van der Waals surface area (Å²) in [6.45, 7) is 17.7. The minimum absolute atomic E-state index is 0.110. The average Bonchev–Trinajstić information content (AvgIpc) is 3.97. The molecule has 0 bridgehead atoms. The van der Waals surface area contributed by atoms with E-state index in [9.17, 15) is 2.74 Å². The lowest BCUT2D eigenvalue weighted by Crippen LogP contribution is -2.31. The van der Waals surface area contributed by atoms with Crippen molar-refractivity contribution in [1.29, 1.82) is 0 Å². The third-order valence-corrected chi connectivity index (χ3v) is 13.4. The number of pyridine rings is 1. The van der Waals surface area contributed by atoms with Gasteiger partial charge in [-0.3, -0.25) is 13.7 Å². The van der Waals surface area contributed by atoms with Gasteiger partial charge in [-0.05, 0) is 128 Å². The highest BCUT2D eigenvalue weighted by molar-refractivity contribution is 6.09. The summed E-state index contributed by atoms with van der Waals surface area (Å²) in [5, 5.41) is 2.23. The first-order valence-electron chi connectivity index (χ1n) is 27.0. The lowest BCUT2D eigenvalue weighted by molar-refractivity contribution is -0.571. The van der Waals surface area contributed by atoms with Crippen molar-refractivity contribution in [3.05, 3.63) is 223 Å². The van der Waals surface area contributed by atoms with Crippen LogP contribution >= 0.6 is 0 Å². The van der Waals surface area contributed by atoms with E-state index in [4.69, 9.17) is 13.8 Å². The lowest BCUT2D eigenvalue weighted by atomic mass is 9.78. The molecule has 8 aromatic carbocycles. The van der Waals surface area contributed by atoms with Crippen LogP contribution in [0, 0.1) is 12.2 Å². The molecular weight excluding hydrogens is 865 g/mol. The normalized spacial score (nSPS) is 13.1. The quantitative estimate of drug-likeness (QED) is 0.101. The highest BCUT2D eigenvalue weighted by atomic mass is 16.5. The molecule has 0 saturated carbocycles. The van der Waals surface area contributed by atoms with Crippen molar-refractivity contribution in [3.8, 4) is 62.1 Å². The average molecular weight is 930 g/mol. The van der Waals surface area contributed by atoms with Crippen molar-refractivity contribution in [1.82, 2.24) is 14.1 Å². The van der Waals surface area contributed by atoms with Crippen molar-refractivity contribution >= 4 is 32.8 Å². The molecule has 0 unspecified atom stereocenters. The molecule has 3 aromatic heterocycles. The van der Waals surface area contributed by atoms with Crippen LogP contribution in [-0.2, 0) is 17.3 Å². The molecule has 11 rings (SSSR count). The summed E-state index contributed by atoms with van der Waals surface area (Å²) < 4.78 is 57.9. The maximum absolute atomic E-state index is 9.32. The van der Waals surface area contributed by atoms with Gasteiger partial charge >= 0.3 is 0 Å². The van der Waals surface area contributed by atoms with Gasteiger partial charge in [0.1, 0.15) is 17.3 Å². The molecule has 3 heterocycles. The minimum Gasteiger partial charge on any atom is -0.458 e. The summed E-state index contributed by atoms with van der Waals surface area (Å²) in [6, 6.07) is 54.3. The number of fused-ring (bicyclic) bond motifs is 4. The van der Waals surface area contributed by atoms with E-state index < -0.39 is 18.1 Å². The van der Waals surface area contributed by atoms with E-state index >= 15 is 0 Å². The Labute approximate surface area is 425 Å². The fourth-order valence-corrected chi connectivity index (χ4v) is 9.79. The number of para-hydroxylation sites is 2. The van der Waals surface area contributed by atoms with Crippen molar-refractivity contribution < 1.29 is 16.2 Å². The van der Waals surface area contributed by atoms with Gasteiger partial charge in [-0.15, -0.1) is 0 Å². The van der Waals surface area contributed by atoms with E-state index in [2.05, 4.69) is 169 Å². The molecule has 5 heteroatoms. The van der Waals surface area contributed by atoms with Gasteiger partial charge in [0, 0.05) is 23.0 Å². The van der Waals surface area contributed by atoms with E-state index in [1.54, 1.807) is 0 Å². The Balaban J connectivity index is 1.12. The summed E-state index contributed by atoms with van der Waals surface area (Å²) in [4.78, 5) is 4.89. The molecule has 0 amide bonds. The summed E-state index contributed by atoms with van der Waals surface area (Å²) in [5.41, 5.74) is 12.6. The van der Waals surface area contributed by atoms with E-state index in [0.717, 1.165) is 84.1 Å². The Morgan fingerprint density at radius 3 is 2.01 bits per heavy atom. The van der Waals surface area contributed by atoms with Crippen LogP contribution < -0.4 is 9.30 Å². The molecule has 0 atom stereocenters. The topological polar surface area (TPSA) is 35.9 Å². The molecule has 0 aliphatic rings. The van der Waals surface area contributed by atoms with Crippen LogP contribution in [0.3, 0.4) is 0 Å². The Morgan fingerprint density at radius 2 is 1.27 bits per heavy atom. The Morgan fingerprint density at radius 1 is 0.577 bits per heavy atom. The molecule has 11 aromatic rings. The summed E-state index contributed by atoms with van der Waals surface area (Å²) in [5.74, 6) is 2.64. The molecule has 0 N–H and O–H groups in total. The van der Waals surface area contributed by atoms with Gasteiger partial charge in [0.25, 0.3) is 6.33 Å². The zero-order valence-corrected chi connectivity index (χ0v) is 41.6. The van der Waals surface area contributed by atoms with Crippen LogP contribution in [0.2, 0.25) is 0 Å². The van der Waals surface area contributed by atoms with E-state index in [-0.39, 0.29) is 28.5 Å². The van der Waals surface area contributed by atoms with Crippen molar-refractivity contribution in [3.63, 3.8) is 0 Å². The van der Waals surface area contributed by atoms with Gasteiger partial charge in [0.2, 0.25) is 0 Å². The SMILES string of the molecule is [2H]c1c([2H])c([2H])c(-c2cccc(-c3cc(C(C)(C)C)cc(C(C)(C)C)c3)c2-[n+]2[c-]n(-c3cccc(Oc4ccc5c6ccccc6n(-c6cc(CC(C)C)ccn6)c5c4)c3)c3cc(-c4ccccc4)ccc32)c([2H])c1[2H]. The molecule has 0 saturated heterocycles. The van der Waals surface area contributed by atoms with Crippen molar-refractivity contribution in [2.45, 2.75) is 72.6 Å². The summed E-state index contributed by atoms with van der Waals surface area (Å²) >= 11 is 0. The first-order chi connectivity index (χ1) is 36.3. The van der Waals surface area contributed by atoms with Crippen LogP contribution in [-0.4, -0.2) is 14.1 Å². The summed E-state index contributed by atoms with van der Waals surface area (Å²) in [6.07, 6.45) is 6.63. The third kappa shape index (κ3) is 8.82. The minimum atomic E-state index is -0.443. The first kappa shape index (κ1) is 39.8. The zero-order chi connectivity index (χ0) is 53.4. The molecule has 0 spiro atoms. The second-order valence-electron chi connectivity index (χ2n) is 21.1. The number of imidazole rings is 1. The van der Waals surface area contributed by atoms with Gasteiger partial charge in [-0.25, -0.2) is 4.98 Å². The number of benzene rings is 8. The van der Waals surface area contributed by atoms with E-state index in [0.29, 0.717) is 28.7 Å². The molecule has 5 nitrogen and oxygen atoms in total. The number of hydrogen-bond acceptors (Lipinski definition) is 2. The Kier molecular flexibility index (Phi) is 10.1. The Hall–Kier alpha value is -8.02. The molecule has 350 valence electrons. The van der Waals surface area contributed by atoms with Gasteiger partial charge < -0.3 is 4.74 Å². The second-order valence-corrected chi connectivity index (χ2v) is 21.1. The number of aromatic nitrogens is 4. The molecule has 71 heavy (non-hydrogen) atoms. The number of hydrogen-bond donors (Lipinski definition) is 0. The molecular formula is C66H60N4O. The van der Waals surface area contributed by atoms with Crippen molar-refractivity contribution in [2.75, 3.05) is 0 Å². The molecule has 0 fully saturated rings. The second kappa shape index (κ2) is 18.1. The van der Waals surface area contributed by atoms with Crippen molar-refractivity contribution in [2.24, 2.45) is 5.92 Å². The number of ether oxygens (including phenoxy) is 1. The fraction of sp³-hybridized carbons (Fsp3) is 0.182. The van der Waals surface area contributed by atoms with Gasteiger partial charge in [-0.2, -0.15) is 0 Å². The first-order valence-corrected chi connectivity index (χ1v) is 24.5. The van der Waals surface area contributed by atoms with E-state index in [1.165, 1.54) is 5.56 Å². The van der Waals surface area contributed by atoms with Gasteiger partial charge in [-0.1, -0.05) is 189 Å². The standard InChI is InChI=1S/C66H60N4O/c1-44(2)35-45-33-34-67-63(36-45)70-59-28-16-15-25-57(59)58-31-30-54(42-61(58)70)71-53-24-17-23-52(41-53)68-43-69(60-32-29-48(39-62(60)68)46-19-11-9-12-20-46)64-55(47-21-13-10-14-22-47)26-18-27-56(64)49-37-50(65(3,4)5)40-51(38-49)66(6,7)8/h9-34,36-42,44H,35H2,1-8H3/i10D,13D,14D,21D,22D. The maximum atomic E-state index is 9.32. The third-order valence-electron chi connectivity index (χ3n) is 13.4. The highest BCUT2D eigenvalue weighted by Crippen LogP contribution is 2.40. The highest BCUT2D eigenvalue weighted by Gasteiger charge is 2.25.